The van der Waals surface area contributed by atoms with Gasteiger partial charge in [-0.15, -0.1) is 0 Å². The molecule has 4 rings (SSSR count). The number of benzene rings is 2. The second-order valence-electron chi connectivity index (χ2n) is 9.61. The number of hydrogen-bond acceptors (Lipinski definition) is 3. The Labute approximate surface area is 179 Å². The van der Waals surface area contributed by atoms with Crippen LogP contribution in [-0.4, -0.2) is 23.3 Å². The van der Waals surface area contributed by atoms with E-state index in [4.69, 9.17) is 9.47 Å². The third kappa shape index (κ3) is 4.11. The van der Waals surface area contributed by atoms with Crippen molar-refractivity contribution in [3.63, 3.8) is 0 Å². The Kier molecular flexibility index (Phi) is 5.63. The number of carbonyl (C=O) groups is 1. The van der Waals surface area contributed by atoms with Gasteiger partial charge in [0.2, 0.25) is 0 Å². The second kappa shape index (κ2) is 8.07. The predicted molar refractivity (Wildman–Crippen MR) is 118 cm³/mol. The lowest BCUT2D eigenvalue weighted by Crippen LogP contribution is -2.28. The maximum absolute atomic E-state index is 12.4. The third-order valence-electron chi connectivity index (χ3n) is 6.20. The van der Waals surface area contributed by atoms with Crippen LogP contribution in [0.3, 0.4) is 0 Å². The predicted octanol–water partition coefficient (Wildman–Crippen LogP) is 6.20. The van der Waals surface area contributed by atoms with Gasteiger partial charge in [0.1, 0.15) is 5.75 Å². The molecule has 0 bridgehead atoms. The molecule has 0 saturated heterocycles. The highest BCUT2D eigenvalue weighted by molar-refractivity contribution is 5.83. The SMILES string of the molecule is Cc1ccc(C2CCC2)c(-c2ccc3c(c2)CCCO3)c1C(OC(C)(C)C)C(=O)O. The van der Waals surface area contributed by atoms with E-state index < -0.39 is 17.7 Å². The maximum Gasteiger partial charge on any atom is 0.337 e. The molecule has 4 nitrogen and oxygen atoms in total. The van der Waals surface area contributed by atoms with Gasteiger partial charge in [0, 0.05) is 5.56 Å². The Hall–Kier alpha value is -2.33. The number of aryl methyl sites for hydroxylation is 2. The van der Waals surface area contributed by atoms with Gasteiger partial charge in [0.25, 0.3) is 0 Å². The lowest BCUT2D eigenvalue weighted by Gasteiger charge is -2.33. The normalized spacial score (nSPS) is 17.6. The van der Waals surface area contributed by atoms with E-state index in [1.165, 1.54) is 17.5 Å². The molecule has 160 valence electrons. The molecule has 0 amide bonds. The fourth-order valence-electron chi connectivity index (χ4n) is 4.56. The van der Waals surface area contributed by atoms with Gasteiger partial charge in [0.15, 0.2) is 6.10 Å². The van der Waals surface area contributed by atoms with Gasteiger partial charge in [0.05, 0.1) is 12.2 Å². The maximum atomic E-state index is 12.4. The average molecular weight is 409 g/mol. The minimum absolute atomic E-state index is 0.482. The zero-order valence-electron chi connectivity index (χ0n) is 18.5. The molecule has 30 heavy (non-hydrogen) atoms. The molecule has 1 saturated carbocycles. The minimum Gasteiger partial charge on any atom is -0.493 e. The van der Waals surface area contributed by atoms with Gasteiger partial charge in [-0.2, -0.15) is 0 Å². The van der Waals surface area contributed by atoms with Crippen molar-refractivity contribution in [2.75, 3.05) is 6.61 Å². The molecule has 1 aliphatic heterocycles. The van der Waals surface area contributed by atoms with Gasteiger partial charge >= 0.3 is 5.97 Å². The van der Waals surface area contributed by atoms with Crippen LogP contribution in [-0.2, 0) is 16.0 Å². The molecule has 0 radical (unpaired) electrons. The number of carboxylic acids is 1. The first-order valence-electron chi connectivity index (χ1n) is 11.0. The van der Waals surface area contributed by atoms with E-state index >= 15 is 0 Å². The van der Waals surface area contributed by atoms with Crippen LogP contribution in [0.15, 0.2) is 30.3 Å². The standard InChI is InChI=1S/C26H32O4/c1-16-10-12-20(17-7-5-8-17)23(22(16)24(25(27)28)30-26(2,3)4)19-11-13-21-18(15-19)9-6-14-29-21/h10-13,15,17,24H,5-9,14H2,1-4H3,(H,27,28). The van der Waals surface area contributed by atoms with Gasteiger partial charge in [-0.3, -0.25) is 0 Å². The van der Waals surface area contributed by atoms with Crippen LogP contribution < -0.4 is 4.74 Å². The topological polar surface area (TPSA) is 55.8 Å². The van der Waals surface area contributed by atoms with Crippen molar-refractivity contribution in [2.24, 2.45) is 0 Å². The van der Waals surface area contributed by atoms with Crippen molar-refractivity contribution in [3.05, 3.63) is 52.6 Å². The summed E-state index contributed by atoms with van der Waals surface area (Å²) in [7, 11) is 0. The van der Waals surface area contributed by atoms with Crippen molar-refractivity contribution < 1.29 is 19.4 Å². The van der Waals surface area contributed by atoms with E-state index in [9.17, 15) is 9.90 Å². The van der Waals surface area contributed by atoms with Crippen LogP contribution in [0.1, 0.15) is 80.7 Å². The van der Waals surface area contributed by atoms with Crippen LogP contribution in [0.4, 0.5) is 0 Å². The van der Waals surface area contributed by atoms with Crippen LogP contribution in [0, 0.1) is 6.92 Å². The zero-order valence-corrected chi connectivity index (χ0v) is 18.5. The second-order valence-corrected chi connectivity index (χ2v) is 9.61. The lowest BCUT2D eigenvalue weighted by molar-refractivity contribution is -0.160. The number of fused-ring (bicyclic) bond motifs is 1. The summed E-state index contributed by atoms with van der Waals surface area (Å²) >= 11 is 0. The summed E-state index contributed by atoms with van der Waals surface area (Å²) in [5.74, 6) is 0.488. The van der Waals surface area contributed by atoms with Crippen LogP contribution >= 0.6 is 0 Å². The summed E-state index contributed by atoms with van der Waals surface area (Å²) in [6, 6.07) is 10.6. The Bertz CT molecular complexity index is 950. The highest BCUT2D eigenvalue weighted by atomic mass is 16.5. The number of aliphatic carboxylic acids is 1. The van der Waals surface area contributed by atoms with E-state index in [1.807, 2.05) is 33.8 Å². The van der Waals surface area contributed by atoms with E-state index in [0.717, 1.165) is 60.3 Å². The third-order valence-corrected chi connectivity index (χ3v) is 6.20. The highest BCUT2D eigenvalue weighted by Gasteiger charge is 2.33. The molecule has 2 aromatic carbocycles. The first kappa shape index (κ1) is 20.9. The monoisotopic (exact) mass is 408 g/mol. The van der Waals surface area contributed by atoms with Crippen LogP contribution in [0.5, 0.6) is 5.75 Å². The average Bonchev–Trinajstić information content (AvgIpc) is 2.65. The fraction of sp³-hybridized carbons (Fsp3) is 0.500. The molecule has 1 fully saturated rings. The summed E-state index contributed by atoms with van der Waals surface area (Å²) in [5.41, 5.74) is 5.75. The highest BCUT2D eigenvalue weighted by Crippen LogP contribution is 2.46. The molecule has 2 aromatic rings. The van der Waals surface area contributed by atoms with E-state index in [2.05, 4.69) is 24.3 Å². The molecule has 2 aliphatic rings. The molecule has 1 N–H and O–H groups in total. The lowest BCUT2D eigenvalue weighted by atomic mass is 9.74. The van der Waals surface area contributed by atoms with Gasteiger partial charge in [-0.25, -0.2) is 4.79 Å². The first-order valence-corrected chi connectivity index (χ1v) is 11.0. The van der Waals surface area contributed by atoms with Crippen LogP contribution in [0.2, 0.25) is 0 Å². The Morgan fingerprint density at radius 2 is 1.93 bits per heavy atom. The largest absolute Gasteiger partial charge is 0.493 e. The molecule has 1 unspecified atom stereocenters. The summed E-state index contributed by atoms with van der Waals surface area (Å²) in [5, 5.41) is 10.1. The first-order chi connectivity index (χ1) is 14.2. The summed E-state index contributed by atoms with van der Waals surface area (Å²) in [4.78, 5) is 12.4. The molecule has 0 spiro atoms. The molecule has 1 atom stereocenters. The Balaban J connectivity index is 1.92. The van der Waals surface area contributed by atoms with Gasteiger partial charge < -0.3 is 14.6 Å². The number of carboxylic acid groups (broad SMARTS) is 1. The van der Waals surface area contributed by atoms with Crippen molar-refractivity contribution in [1.82, 2.24) is 0 Å². The molecule has 0 aromatic heterocycles. The van der Waals surface area contributed by atoms with Crippen LogP contribution in [0.25, 0.3) is 11.1 Å². The summed E-state index contributed by atoms with van der Waals surface area (Å²) in [6.07, 6.45) is 4.53. The van der Waals surface area contributed by atoms with E-state index in [0.29, 0.717) is 5.92 Å². The molecular weight excluding hydrogens is 376 g/mol. The number of rotatable bonds is 5. The van der Waals surface area contributed by atoms with Crippen molar-refractivity contribution in [2.45, 2.75) is 77.4 Å². The van der Waals surface area contributed by atoms with Crippen molar-refractivity contribution >= 4 is 5.97 Å². The van der Waals surface area contributed by atoms with Crippen molar-refractivity contribution in [3.8, 4) is 16.9 Å². The van der Waals surface area contributed by atoms with E-state index in [1.54, 1.807) is 0 Å². The summed E-state index contributed by atoms with van der Waals surface area (Å²) < 4.78 is 11.9. The molecule has 1 aliphatic carbocycles. The number of hydrogen-bond donors (Lipinski definition) is 1. The quantitative estimate of drug-likeness (QED) is 0.640. The summed E-state index contributed by atoms with van der Waals surface area (Å²) in [6.45, 7) is 8.47. The van der Waals surface area contributed by atoms with Crippen molar-refractivity contribution in [1.29, 1.82) is 0 Å². The van der Waals surface area contributed by atoms with E-state index in [-0.39, 0.29) is 0 Å². The number of ether oxygens (including phenoxy) is 2. The minimum atomic E-state index is -1.01. The molecule has 1 heterocycles. The van der Waals surface area contributed by atoms with Gasteiger partial charge in [-0.05, 0) is 99.2 Å². The molecule has 4 heteroatoms. The van der Waals surface area contributed by atoms with Gasteiger partial charge in [-0.1, -0.05) is 24.6 Å². The smallest absolute Gasteiger partial charge is 0.337 e. The fourth-order valence-corrected chi connectivity index (χ4v) is 4.56. The zero-order chi connectivity index (χ0) is 21.5. The Morgan fingerprint density at radius 3 is 2.57 bits per heavy atom. The molecular formula is C26H32O4. The Morgan fingerprint density at radius 1 is 1.17 bits per heavy atom.